The summed E-state index contributed by atoms with van der Waals surface area (Å²) in [7, 11) is 1.98. The van der Waals surface area contributed by atoms with E-state index in [0.29, 0.717) is 25.2 Å². The van der Waals surface area contributed by atoms with Crippen LogP contribution in [0.15, 0.2) is 49.2 Å². The first-order chi connectivity index (χ1) is 14.1. The van der Waals surface area contributed by atoms with E-state index in [9.17, 15) is 9.59 Å². The van der Waals surface area contributed by atoms with Crippen molar-refractivity contribution >= 4 is 17.3 Å². The van der Waals surface area contributed by atoms with Gasteiger partial charge in [-0.25, -0.2) is 4.98 Å². The number of hydrogen-bond acceptors (Lipinski definition) is 3. The summed E-state index contributed by atoms with van der Waals surface area (Å²) in [6, 6.07) is 7.85. The van der Waals surface area contributed by atoms with Gasteiger partial charge in [0.05, 0.1) is 11.9 Å². The predicted octanol–water partition coefficient (Wildman–Crippen LogP) is 2.05. The van der Waals surface area contributed by atoms with E-state index in [2.05, 4.69) is 10.3 Å². The fourth-order valence-electron chi connectivity index (χ4n) is 4.38. The summed E-state index contributed by atoms with van der Waals surface area (Å²) in [5, 5.41) is 3.11. The van der Waals surface area contributed by atoms with Crippen molar-refractivity contribution in [3.8, 4) is 0 Å². The molecule has 7 nitrogen and oxygen atoms in total. The Morgan fingerprint density at radius 2 is 2.10 bits per heavy atom. The van der Waals surface area contributed by atoms with Gasteiger partial charge in [0.25, 0.3) is 5.91 Å². The number of nitrogens with zero attached hydrogens (tertiary/aromatic N) is 4. The van der Waals surface area contributed by atoms with Gasteiger partial charge < -0.3 is 19.2 Å². The third kappa shape index (κ3) is 3.41. The molecule has 1 aliphatic heterocycles. The Morgan fingerprint density at radius 1 is 1.24 bits per heavy atom. The normalized spacial score (nSPS) is 21.6. The molecule has 1 aliphatic carbocycles. The first-order valence-corrected chi connectivity index (χ1v) is 10.2. The van der Waals surface area contributed by atoms with Crippen molar-refractivity contribution in [3.05, 3.63) is 60.4 Å². The van der Waals surface area contributed by atoms with Crippen LogP contribution in [0.4, 0.5) is 0 Å². The van der Waals surface area contributed by atoms with E-state index in [4.69, 9.17) is 0 Å². The van der Waals surface area contributed by atoms with Crippen molar-refractivity contribution in [2.24, 2.45) is 18.9 Å². The van der Waals surface area contributed by atoms with E-state index >= 15 is 0 Å². The molecule has 1 N–H and O–H groups in total. The lowest BCUT2D eigenvalue weighted by molar-refractivity contribution is -0.122. The van der Waals surface area contributed by atoms with Crippen molar-refractivity contribution in [3.63, 3.8) is 0 Å². The molecule has 0 aromatic carbocycles. The van der Waals surface area contributed by atoms with Crippen LogP contribution in [0.25, 0.3) is 5.52 Å². The molecule has 1 saturated carbocycles. The van der Waals surface area contributed by atoms with Gasteiger partial charge in [0.1, 0.15) is 0 Å². The van der Waals surface area contributed by atoms with Gasteiger partial charge in [0, 0.05) is 74.2 Å². The number of aryl methyl sites for hydroxylation is 1. The van der Waals surface area contributed by atoms with Gasteiger partial charge in [-0.3, -0.25) is 9.59 Å². The van der Waals surface area contributed by atoms with Crippen LogP contribution >= 0.6 is 0 Å². The molecule has 0 radical (unpaired) electrons. The monoisotopic (exact) mass is 391 g/mol. The van der Waals surface area contributed by atoms with Gasteiger partial charge in [-0.1, -0.05) is 6.07 Å². The molecule has 150 valence electrons. The molecule has 2 fully saturated rings. The van der Waals surface area contributed by atoms with Crippen molar-refractivity contribution in [1.82, 2.24) is 24.2 Å². The SMILES string of the molecule is Cn1cncc1[C@@H]1CN(C(=O)c2cc3ccccn3c2)C[C@H]1CNC(=O)C1CC1. The number of rotatable bonds is 5. The van der Waals surface area contributed by atoms with Crippen LogP contribution in [-0.2, 0) is 11.8 Å². The van der Waals surface area contributed by atoms with Crippen LogP contribution in [0.2, 0.25) is 0 Å². The van der Waals surface area contributed by atoms with Gasteiger partial charge in [-0.05, 0) is 31.0 Å². The highest BCUT2D eigenvalue weighted by Crippen LogP contribution is 2.34. The van der Waals surface area contributed by atoms with E-state index in [0.717, 1.165) is 24.1 Å². The Bertz CT molecular complexity index is 1030. The van der Waals surface area contributed by atoms with Gasteiger partial charge in [0.2, 0.25) is 5.91 Å². The number of pyridine rings is 1. The fraction of sp³-hybridized carbons (Fsp3) is 0.409. The summed E-state index contributed by atoms with van der Waals surface area (Å²) >= 11 is 0. The molecule has 2 amide bonds. The van der Waals surface area contributed by atoms with E-state index in [1.54, 1.807) is 6.33 Å². The number of aromatic nitrogens is 3. The van der Waals surface area contributed by atoms with Crippen molar-refractivity contribution in [1.29, 1.82) is 0 Å². The second-order valence-electron chi connectivity index (χ2n) is 8.29. The van der Waals surface area contributed by atoms with Gasteiger partial charge in [-0.15, -0.1) is 0 Å². The number of imidazole rings is 1. The number of fused-ring (bicyclic) bond motifs is 1. The second kappa shape index (κ2) is 7.06. The summed E-state index contributed by atoms with van der Waals surface area (Å²) in [6.45, 7) is 1.85. The average molecular weight is 391 g/mol. The second-order valence-corrected chi connectivity index (χ2v) is 8.29. The molecule has 29 heavy (non-hydrogen) atoms. The number of carbonyl (C=O) groups is 2. The molecule has 7 heteroatoms. The minimum atomic E-state index is 0.0388. The van der Waals surface area contributed by atoms with E-state index in [1.807, 2.05) is 63.8 Å². The Balaban J connectivity index is 1.36. The van der Waals surface area contributed by atoms with Crippen LogP contribution in [-0.4, -0.2) is 50.3 Å². The molecular weight excluding hydrogens is 366 g/mol. The summed E-state index contributed by atoms with van der Waals surface area (Å²) in [5.74, 6) is 0.712. The van der Waals surface area contributed by atoms with Crippen LogP contribution in [0.3, 0.4) is 0 Å². The molecule has 0 unspecified atom stereocenters. The quantitative estimate of drug-likeness (QED) is 0.724. The molecule has 3 aromatic rings. The molecule has 1 saturated heterocycles. The highest BCUT2D eigenvalue weighted by Gasteiger charge is 2.39. The Labute approximate surface area is 169 Å². The molecular formula is C22H25N5O2. The summed E-state index contributed by atoms with van der Waals surface area (Å²) in [6.07, 6.45) is 9.49. The maximum Gasteiger partial charge on any atom is 0.255 e. The maximum absolute atomic E-state index is 13.2. The molecule has 3 aromatic heterocycles. The van der Waals surface area contributed by atoms with Gasteiger partial charge in [-0.2, -0.15) is 0 Å². The highest BCUT2D eigenvalue weighted by atomic mass is 16.2. The van der Waals surface area contributed by atoms with Gasteiger partial charge in [0.15, 0.2) is 0 Å². The third-order valence-corrected chi connectivity index (χ3v) is 6.20. The summed E-state index contributed by atoms with van der Waals surface area (Å²) in [5.41, 5.74) is 2.81. The highest BCUT2D eigenvalue weighted by molar-refractivity contribution is 5.96. The van der Waals surface area contributed by atoms with Crippen molar-refractivity contribution in [2.75, 3.05) is 19.6 Å². The Kier molecular flexibility index (Phi) is 4.38. The molecule has 0 spiro atoms. The topological polar surface area (TPSA) is 71.6 Å². The predicted molar refractivity (Wildman–Crippen MR) is 108 cm³/mol. The van der Waals surface area contributed by atoms with Crippen LogP contribution < -0.4 is 5.32 Å². The number of likely N-dealkylation sites (tertiary alicyclic amines) is 1. The lowest BCUT2D eigenvalue weighted by atomic mass is 9.93. The van der Waals surface area contributed by atoms with Crippen LogP contribution in [0.5, 0.6) is 0 Å². The fourth-order valence-corrected chi connectivity index (χ4v) is 4.38. The molecule has 2 aliphatic rings. The number of nitrogens with one attached hydrogen (secondary N) is 1. The standard InChI is InChI=1S/C22H25N5O2/c1-25-14-23-10-20(25)19-13-27(12-17(19)9-24-21(28)15-5-6-15)22(29)16-8-18-4-2-3-7-26(18)11-16/h2-4,7-8,10-11,14-15,17,19H,5-6,9,12-13H2,1H3,(H,24,28)/t17-,19-/m1/s1. The largest absolute Gasteiger partial charge is 0.355 e. The Hall–Kier alpha value is -3.09. The molecule has 5 rings (SSSR count). The summed E-state index contributed by atoms with van der Waals surface area (Å²) < 4.78 is 3.98. The van der Waals surface area contributed by atoms with E-state index in [-0.39, 0.29) is 29.6 Å². The maximum atomic E-state index is 13.2. The number of hydrogen-bond donors (Lipinski definition) is 1. The smallest absolute Gasteiger partial charge is 0.255 e. The minimum Gasteiger partial charge on any atom is -0.355 e. The van der Waals surface area contributed by atoms with Crippen molar-refractivity contribution in [2.45, 2.75) is 18.8 Å². The zero-order chi connectivity index (χ0) is 20.0. The first-order valence-electron chi connectivity index (χ1n) is 10.2. The van der Waals surface area contributed by atoms with E-state index in [1.165, 1.54) is 0 Å². The lowest BCUT2D eigenvalue weighted by Crippen LogP contribution is -2.34. The number of carbonyl (C=O) groups excluding carboxylic acids is 2. The van der Waals surface area contributed by atoms with Gasteiger partial charge >= 0.3 is 0 Å². The average Bonchev–Trinajstić information content (AvgIpc) is 3.15. The minimum absolute atomic E-state index is 0.0388. The zero-order valence-corrected chi connectivity index (χ0v) is 16.5. The molecule has 2 atom stereocenters. The first kappa shape index (κ1) is 18.0. The van der Waals surface area contributed by atoms with E-state index < -0.39 is 0 Å². The zero-order valence-electron chi connectivity index (χ0n) is 16.5. The van der Waals surface area contributed by atoms with Crippen molar-refractivity contribution < 1.29 is 9.59 Å². The van der Waals surface area contributed by atoms with Crippen LogP contribution in [0, 0.1) is 11.8 Å². The lowest BCUT2D eigenvalue weighted by Gasteiger charge is -2.18. The van der Waals surface area contributed by atoms with Crippen LogP contribution in [0.1, 0.15) is 34.8 Å². The molecule has 0 bridgehead atoms. The number of amides is 2. The molecule has 4 heterocycles. The third-order valence-electron chi connectivity index (χ3n) is 6.20. The Morgan fingerprint density at radius 3 is 2.83 bits per heavy atom. The summed E-state index contributed by atoms with van der Waals surface area (Å²) in [4.78, 5) is 31.5.